The van der Waals surface area contributed by atoms with E-state index in [1.54, 1.807) is 20.8 Å². The molecule has 0 rings (SSSR count). The molecule has 14 heavy (non-hydrogen) atoms. The van der Waals surface area contributed by atoms with Crippen LogP contribution in [0.2, 0.25) is 0 Å². The Labute approximate surface area is 88.8 Å². The monoisotopic (exact) mass is 208 g/mol. The summed E-state index contributed by atoms with van der Waals surface area (Å²) in [7, 11) is 0. The Morgan fingerprint density at radius 3 is 1.29 bits per heavy atom. The molecule has 0 saturated heterocycles. The highest BCUT2D eigenvalue weighted by Crippen LogP contribution is 1.81. The van der Waals surface area contributed by atoms with Gasteiger partial charge >= 0.3 is 0 Å². The minimum atomic E-state index is -0.167. The molecule has 0 spiro atoms. The average Bonchev–Trinajstić information content (AvgIpc) is 2.06. The van der Waals surface area contributed by atoms with Crippen LogP contribution < -0.4 is 0 Å². The molecule has 3 N–H and O–H groups in total. The van der Waals surface area contributed by atoms with Crippen LogP contribution in [0.4, 0.5) is 0 Å². The van der Waals surface area contributed by atoms with E-state index in [-0.39, 0.29) is 12.2 Å². The van der Waals surface area contributed by atoms with Gasteiger partial charge in [-0.2, -0.15) is 0 Å². The Hall–Kier alpha value is -0.120. The predicted octanol–water partition coefficient (Wildman–Crippen LogP) is 1.94. The fourth-order valence-electron chi connectivity index (χ4n) is 0.158. The molecule has 0 bridgehead atoms. The number of unbranched alkanes of at least 4 members (excludes halogenated alkanes) is 1. The van der Waals surface area contributed by atoms with Gasteiger partial charge in [-0.15, -0.1) is 0 Å². The van der Waals surface area contributed by atoms with E-state index in [1.165, 1.54) is 0 Å². The first-order valence-corrected chi connectivity index (χ1v) is 5.39. The molecule has 0 aliphatic carbocycles. The molecular weight excluding hydrogens is 180 g/mol. The summed E-state index contributed by atoms with van der Waals surface area (Å²) < 4.78 is 0. The van der Waals surface area contributed by atoms with Crippen LogP contribution in [0.15, 0.2) is 0 Å². The molecule has 90 valence electrons. The van der Waals surface area contributed by atoms with Crippen molar-refractivity contribution in [3.63, 3.8) is 0 Å². The van der Waals surface area contributed by atoms with Crippen LogP contribution in [0.5, 0.6) is 0 Å². The van der Waals surface area contributed by atoms with Gasteiger partial charge in [0.1, 0.15) is 0 Å². The van der Waals surface area contributed by atoms with E-state index in [1.807, 2.05) is 6.92 Å². The molecule has 0 fully saturated rings. The van der Waals surface area contributed by atoms with E-state index >= 15 is 0 Å². The largest absolute Gasteiger partial charge is 0.396 e. The van der Waals surface area contributed by atoms with E-state index in [0.717, 1.165) is 19.3 Å². The molecular formula is C11H28O3. The topological polar surface area (TPSA) is 60.7 Å². The predicted molar refractivity (Wildman–Crippen MR) is 61.3 cm³/mol. The van der Waals surface area contributed by atoms with Gasteiger partial charge in [0, 0.05) is 12.7 Å². The van der Waals surface area contributed by atoms with Gasteiger partial charge in [0.25, 0.3) is 0 Å². The molecule has 0 amide bonds. The van der Waals surface area contributed by atoms with Crippen molar-refractivity contribution in [3.05, 3.63) is 0 Å². The molecule has 1 atom stereocenters. The highest BCUT2D eigenvalue weighted by Gasteiger charge is 1.81. The molecule has 0 aliphatic rings. The Morgan fingerprint density at radius 1 is 1.00 bits per heavy atom. The average molecular weight is 208 g/mol. The molecule has 0 aliphatic heterocycles. The van der Waals surface area contributed by atoms with E-state index in [0.29, 0.717) is 6.61 Å². The number of hydrogen-bond donors (Lipinski definition) is 3. The van der Waals surface area contributed by atoms with Crippen LogP contribution in [-0.2, 0) is 0 Å². The second-order valence-electron chi connectivity index (χ2n) is 3.43. The third-order valence-electron chi connectivity index (χ3n) is 1.10. The maximum atomic E-state index is 8.36. The van der Waals surface area contributed by atoms with Crippen LogP contribution in [0.3, 0.4) is 0 Å². The quantitative estimate of drug-likeness (QED) is 0.664. The van der Waals surface area contributed by atoms with E-state index < -0.39 is 0 Å². The third-order valence-corrected chi connectivity index (χ3v) is 1.10. The number of hydrogen-bond acceptors (Lipinski definition) is 3. The molecule has 1 unspecified atom stereocenters. The summed E-state index contributed by atoms with van der Waals surface area (Å²) in [5.41, 5.74) is 0. The van der Waals surface area contributed by atoms with Crippen molar-refractivity contribution in [2.75, 3.05) is 6.61 Å². The van der Waals surface area contributed by atoms with Crippen molar-refractivity contribution in [2.24, 2.45) is 0 Å². The first-order valence-electron chi connectivity index (χ1n) is 5.39. The van der Waals surface area contributed by atoms with Crippen molar-refractivity contribution in [1.29, 1.82) is 0 Å². The lowest BCUT2D eigenvalue weighted by atomic mass is 10.3. The summed E-state index contributed by atoms with van der Waals surface area (Å²) in [5.74, 6) is 0. The summed E-state index contributed by atoms with van der Waals surface area (Å²) in [4.78, 5) is 0. The Balaban J connectivity index is -0.000000131. The lowest BCUT2D eigenvalue weighted by Crippen LogP contribution is -1.93. The first-order chi connectivity index (χ1) is 6.42. The summed E-state index contributed by atoms with van der Waals surface area (Å²) in [6.45, 7) is 9.57. The SMILES string of the molecule is CC(C)O.CCC(C)O.CCCCO. The summed E-state index contributed by atoms with van der Waals surface area (Å²) in [6, 6.07) is 0. The highest BCUT2D eigenvalue weighted by molar-refractivity contribution is 4.34. The molecule has 0 aromatic carbocycles. The summed E-state index contributed by atoms with van der Waals surface area (Å²) in [5, 5.41) is 24.5. The standard InChI is InChI=1S/2C4H10O.C3H8O/c1-3-4(2)5;1-2-3-4-5;1-3(2)4/h4-5H,3H2,1-2H3;5H,2-4H2,1H3;3-4H,1-2H3. The Kier molecular flexibility index (Phi) is 25.9. The summed E-state index contributed by atoms with van der Waals surface area (Å²) in [6.07, 6.45) is 2.62. The van der Waals surface area contributed by atoms with Crippen molar-refractivity contribution in [2.45, 2.75) is 66.1 Å². The zero-order chi connectivity index (χ0) is 12.0. The third kappa shape index (κ3) is 93.4. The van der Waals surface area contributed by atoms with Crippen LogP contribution in [-0.4, -0.2) is 34.1 Å². The molecule has 0 aromatic heterocycles. The molecule has 0 heterocycles. The van der Waals surface area contributed by atoms with Gasteiger partial charge in [-0.1, -0.05) is 20.3 Å². The van der Waals surface area contributed by atoms with Crippen LogP contribution >= 0.6 is 0 Å². The molecule has 0 saturated carbocycles. The van der Waals surface area contributed by atoms with Gasteiger partial charge in [-0.3, -0.25) is 0 Å². The molecule has 3 heteroatoms. The van der Waals surface area contributed by atoms with Crippen LogP contribution in [0, 0.1) is 0 Å². The molecule has 3 nitrogen and oxygen atoms in total. The lowest BCUT2D eigenvalue weighted by Gasteiger charge is -1.90. The minimum absolute atomic E-state index is 0.116. The lowest BCUT2D eigenvalue weighted by molar-refractivity contribution is 0.191. The van der Waals surface area contributed by atoms with Crippen molar-refractivity contribution in [1.82, 2.24) is 0 Å². The highest BCUT2D eigenvalue weighted by atomic mass is 16.3. The van der Waals surface area contributed by atoms with E-state index in [2.05, 4.69) is 6.92 Å². The first kappa shape index (κ1) is 19.5. The smallest absolute Gasteiger partial charge is 0.0509 e. The van der Waals surface area contributed by atoms with Crippen molar-refractivity contribution < 1.29 is 15.3 Å². The second kappa shape index (κ2) is 18.6. The fraction of sp³-hybridized carbons (Fsp3) is 1.00. The molecule has 0 aromatic rings. The fourth-order valence-corrected chi connectivity index (χ4v) is 0.158. The van der Waals surface area contributed by atoms with Crippen molar-refractivity contribution >= 4 is 0 Å². The number of aliphatic hydroxyl groups is 3. The van der Waals surface area contributed by atoms with E-state index in [4.69, 9.17) is 15.3 Å². The Bertz CT molecular complexity index is 68.2. The number of aliphatic hydroxyl groups excluding tert-OH is 3. The van der Waals surface area contributed by atoms with Gasteiger partial charge < -0.3 is 15.3 Å². The van der Waals surface area contributed by atoms with E-state index in [9.17, 15) is 0 Å². The van der Waals surface area contributed by atoms with Gasteiger partial charge in [-0.25, -0.2) is 0 Å². The van der Waals surface area contributed by atoms with Gasteiger partial charge in [0.15, 0.2) is 0 Å². The number of rotatable bonds is 3. The van der Waals surface area contributed by atoms with Gasteiger partial charge in [0.2, 0.25) is 0 Å². The summed E-state index contributed by atoms with van der Waals surface area (Å²) >= 11 is 0. The zero-order valence-electron chi connectivity index (χ0n) is 10.3. The minimum Gasteiger partial charge on any atom is -0.396 e. The Morgan fingerprint density at radius 2 is 1.29 bits per heavy atom. The molecule has 0 radical (unpaired) electrons. The normalized spacial score (nSPS) is 10.9. The van der Waals surface area contributed by atoms with Gasteiger partial charge in [0.05, 0.1) is 6.10 Å². The van der Waals surface area contributed by atoms with Crippen LogP contribution in [0.1, 0.15) is 53.9 Å². The maximum absolute atomic E-state index is 8.36. The second-order valence-corrected chi connectivity index (χ2v) is 3.43. The van der Waals surface area contributed by atoms with Gasteiger partial charge in [-0.05, 0) is 33.6 Å². The van der Waals surface area contributed by atoms with Crippen LogP contribution in [0.25, 0.3) is 0 Å². The zero-order valence-corrected chi connectivity index (χ0v) is 10.3. The van der Waals surface area contributed by atoms with Crippen molar-refractivity contribution in [3.8, 4) is 0 Å². The maximum Gasteiger partial charge on any atom is 0.0509 e.